The molecule has 0 N–H and O–H groups in total. The summed E-state index contributed by atoms with van der Waals surface area (Å²) >= 11 is 0. The van der Waals surface area contributed by atoms with Crippen LogP contribution in [0.2, 0.25) is 0 Å². The highest BCUT2D eigenvalue weighted by Crippen LogP contribution is 2.45. The Balaban J connectivity index is 1.56. The molecule has 3 aromatic rings. The van der Waals surface area contributed by atoms with E-state index >= 15 is 0 Å². The Kier molecular flexibility index (Phi) is 15.2. The number of rotatable bonds is 19. The molecule has 10 heteroatoms. The number of benzene rings is 3. The number of esters is 1. The molecule has 1 heterocycles. The second-order valence-electron chi connectivity index (χ2n) is 13.2. The molecule has 4 rings (SSSR count). The molecule has 0 spiro atoms. The maximum Gasteiger partial charge on any atom is 0.330 e. The molecule has 0 aromatic heterocycles. The number of ketones is 1. The Bertz CT molecular complexity index is 1610. The van der Waals surface area contributed by atoms with Gasteiger partial charge in [-0.25, -0.2) is 4.79 Å². The smallest absolute Gasteiger partial charge is 0.330 e. The highest BCUT2D eigenvalue weighted by atomic mass is 16.7. The fourth-order valence-corrected chi connectivity index (χ4v) is 6.09. The van der Waals surface area contributed by atoms with Crippen LogP contribution >= 0.6 is 0 Å². The molecule has 0 bridgehead atoms. The van der Waals surface area contributed by atoms with Gasteiger partial charge in [-0.1, -0.05) is 80.6 Å². The lowest BCUT2D eigenvalue weighted by molar-refractivity contribution is -0.280. The van der Waals surface area contributed by atoms with Gasteiger partial charge in [0.2, 0.25) is 11.6 Å². The first-order chi connectivity index (χ1) is 25.0. The van der Waals surface area contributed by atoms with Crippen LogP contribution < -0.4 is 9.47 Å². The summed E-state index contributed by atoms with van der Waals surface area (Å²) in [5.74, 6) is -1.33. The summed E-state index contributed by atoms with van der Waals surface area (Å²) in [6.07, 6.45) is 4.01. The van der Waals surface area contributed by atoms with E-state index in [4.69, 9.17) is 37.9 Å². The van der Waals surface area contributed by atoms with Crippen LogP contribution in [0, 0.1) is 5.41 Å². The lowest BCUT2D eigenvalue weighted by Crippen LogP contribution is -2.60. The zero-order valence-electron chi connectivity index (χ0n) is 31.3. The van der Waals surface area contributed by atoms with Crippen LogP contribution in [0.4, 0.5) is 0 Å². The minimum absolute atomic E-state index is 0.150. The maximum absolute atomic E-state index is 14.2. The molecular weight excluding hydrogens is 664 g/mol. The summed E-state index contributed by atoms with van der Waals surface area (Å²) in [7, 11) is 5.97. The van der Waals surface area contributed by atoms with E-state index in [1.165, 1.54) is 20.3 Å². The number of Topliss-reactive ketones (excluding diaryl/α,β-unsaturated/α-hetero) is 1. The summed E-state index contributed by atoms with van der Waals surface area (Å²) < 4.78 is 46.9. The van der Waals surface area contributed by atoms with Gasteiger partial charge in [0, 0.05) is 37.0 Å². The van der Waals surface area contributed by atoms with E-state index in [0.29, 0.717) is 26.2 Å². The molecule has 52 heavy (non-hydrogen) atoms. The Hall–Kier alpha value is -4.32. The maximum atomic E-state index is 14.2. The van der Waals surface area contributed by atoms with E-state index in [1.807, 2.05) is 112 Å². The normalized spacial score (nSPS) is 19.8. The second-order valence-corrected chi connectivity index (χ2v) is 13.2. The Morgan fingerprint density at radius 1 is 0.846 bits per heavy atom. The largest absolute Gasteiger partial charge is 0.497 e. The summed E-state index contributed by atoms with van der Waals surface area (Å²) in [5.41, 5.74) is 2.24. The molecule has 3 aromatic carbocycles. The average molecular weight is 717 g/mol. The van der Waals surface area contributed by atoms with Crippen molar-refractivity contribution in [3.63, 3.8) is 0 Å². The summed E-state index contributed by atoms with van der Waals surface area (Å²) in [5, 5.41) is 0. The van der Waals surface area contributed by atoms with Crippen molar-refractivity contribution in [2.24, 2.45) is 5.41 Å². The van der Waals surface area contributed by atoms with E-state index in [2.05, 4.69) is 0 Å². The quantitative estimate of drug-likeness (QED) is 0.0548. The SMILES string of the molecule is COC(=O)/C=C1\C[C@@H](C[C@@H](OCc2ccc(OC)cc2)[C@@H](C)OCc2ccccc2)O[C@@](OC)(C(C)(C)/C=C/COCc2ccc(OC)cc2)C1=O. The first-order valence-corrected chi connectivity index (χ1v) is 17.4. The minimum Gasteiger partial charge on any atom is -0.497 e. The lowest BCUT2D eigenvalue weighted by Gasteiger charge is -2.48. The third-order valence-electron chi connectivity index (χ3n) is 9.17. The van der Waals surface area contributed by atoms with Crippen molar-refractivity contribution in [1.82, 2.24) is 0 Å². The van der Waals surface area contributed by atoms with Gasteiger partial charge in [0.25, 0.3) is 0 Å². The lowest BCUT2D eigenvalue weighted by atomic mass is 9.75. The Labute approximate surface area is 307 Å². The number of hydrogen-bond acceptors (Lipinski definition) is 10. The zero-order valence-corrected chi connectivity index (χ0v) is 31.3. The van der Waals surface area contributed by atoms with Gasteiger partial charge in [-0.3, -0.25) is 4.79 Å². The average Bonchev–Trinajstić information content (AvgIpc) is 3.17. The fraction of sp³-hybridized carbons (Fsp3) is 0.429. The number of methoxy groups -OCH3 is 4. The van der Waals surface area contributed by atoms with Crippen LogP contribution in [-0.4, -0.2) is 70.9 Å². The molecular formula is C42H52O10. The van der Waals surface area contributed by atoms with E-state index in [-0.39, 0.29) is 24.7 Å². The van der Waals surface area contributed by atoms with Crippen molar-refractivity contribution >= 4 is 11.8 Å². The van der Waals surface area contributed by atoms with Crippen LogP contribution in [0.25, 0.3) is 0 Å². The van der Waals surface area contributed by atoms with Crippen LogP contribution in [0.3, 0.4) is 0 Å². The molecule has 0 amide bonds. The predicted octanol–water partition coefficient (Wildman–Crippen LogP) is 7.18. The van der Waals surface area contributed by atoms with Crippen molar-refractivity contribution in [2.45, 2.75) is 77.5 Å². The van der Waals surface area contributed by atoms with Gasteiger partial charge in [0.1, 0.15) is 11.5 Å². The Morgan fingerprint density at radius 3 is 2.00 bits per heavy atom. The molecule has 0 radical (unpaired) electrons. The third kappa shape index (κ3) is 10.8. The number of ether oxygens (including phenoxy) is 8. The fourth-order valence-electron chi connectivity index (χ4n) is 6.09. The molecule has 10 nitrogen and oxygen atoms in total. The zero-order chi connectivity index (χ0) is 37.6. The van der Waals surface area contributed by atoms with Crippen molar-refractivity contribution in [1.29, 1.82) is 0 Å². The van der Waals surface area contributed by atoms with Crippen LogP contribution in [0.5, 0.6) is 11.5 Å². The number of carbonyl (C=O) groups excluding carboxylic acids is 2. The van der Waals surface area contributed by atoms with E-state index in [1.54, 1.807) is 14.2 Å². The van der Waals surface area contributed by atoms with Crippen molar-refractivity contribution in [3.05, 3.63) is 119 Å². The first kappa shape index (κ1) is 40.5. The van der Waals surface area contributed by atoms with Crippen LogP contribution in [-0.2, 0) is 57.8 Å². The third-order valence-corrected chi connectivity index (χ3v) is 9.17. The first-order valence-electron chi connectivity index (χ1n) is 17.4. The van der Waals surface area contributed by atoms with Gasteiger partial charge in [-0.15, -0.1) is 0 Å². The monoisotopic (exact) mass is 716 g/mol. The molecule has 4 atom stereocenters. The molecule has 1 saturated heterocycles. The highest BCUT2D eigenvalue weighted by Gasteiger charge is 2.57. The molecule has 280 valence electrons. The van der Waals surface area contributed by atoms with Gasteiger partial charge in [-0.2, -0.15) is 0 Å². The molecule has 0 aliphatic carbocycles. The molecule has 1 aliphatic heterocycles. The van der Waals surface area contributed by atoms with Crippen LogP contribution in [0.1, 0.15) is 50.3 Å². The topological polar surface area (TPSA) is 108 Å². The Morgan fingerprint density at radius 2 is 1.42 bits per heavy atom. The standard InChI is InChI=1S/C42H52O10/c1-30(50-28-31-12-9-8-10-13-31)38(51-29-33-16-20-36(46-5)21-17-33)26-37-24-34(25-39(43)47-6)40(44)42(48-7,52-37)41(2,3)22-11-23-49-27-32-14-18-35(45-4)19-15-32/h8-22,25,30,37-38H,23-24,26-29H2,1-7H3/b22-11+,34-25+/t30-,37+,38-,42-/m1/s1. The van der Waals surface area contributed by atoms with Gasteiger partial charge >= 0.3 is 5.97 Å². The summed E-state index contributed by atoms with van der Waals surface area (Å²) in [6, 6.07) is 25.2. The minimum atomic E-state index is -1.77. The molecule has 0 unspecified atom stereocenters. The summed E-state index contributed by atoms with van der Waals surface area (Å²) in [4.78, 5) is 26.7. The molecule has 1 fully saturated rings. The molecule has 0 saturated carbocycles. The van der Waals surface area contributed by atoms with Crippen LogP contribution in [0.15, 0.2) is 103 Å². The second kappa shape index (κ2) is 19.5. The van der Waals surface area contributed by atoms with Gasteiger partial charge in [0.05, 0.1) is 66.1 Å². The van der Waals surface area contributed by atoms with E-state index in [9.17, 15) is 9.59 Å². The number of hydrogen-bond donors (Lipinski definition) is 0. The van der Waals surface area contributed by atoms with E-state index < -0.39 is 35.2 Å². The number of carbonyl (C=O) groups is 2. The van der Waals surface area contributed by atoms with Gasteiger partial charge in [0.15, 0.2) is 0 Å². The van der Waals surface area contributed by atoms with Crippen molar-refractivity contribution in [3.8, 4) is 11.5 Å². The summed E-state index contributed by atoms with van der Waals surface area (Å²) in [6.45, 7) is 7.06. The van der Waals surface area contributed by atoms with Crippen molar-refractivity contribution < 1.29 is 47.5 Å². The van der Waals surface area contributed by atoms with E-state index in [0.717, 1.165) is 28.2 Å². The van der Waals surface area contributed by atoms with Gasteiger partial charge in [-0.05, 0) is 47.9 Å². The van der Waals surface area contributed by atoms with Gasteiger partial charge < -0.3 is 37.9 Å². The predicted molar refractivity (Wildman–Crippen MR) is 197 cm³/mol. The van der Waals surface area contributed by atoms with Crippen molar-refractivity contribution in [2.75, 3.05) is 35.0 Å². The highest BCUT2D eigenvalue weighted by molar-refractivity contribution is 6.06. The molecule has 1 aliphatic rings.